The number of carbonyl (C=O) groups is 1. The molecule has 0 aliphatic rings. The standard InChI is InChI=1S/C17H30N2O2/c1-8-13(6)16(12(4)5)21-10-14(7)19-17(20)15(18)9-11(2)3/h8,11,14-15H,1,4,9-10,18H2,2-3,5-7H3,(H,19,20)/b16-13+/t14?,15-/m1/s1. The number of amides is 1. The third kappa shape index (κ3) is 7.71. The van der Waals surface area contributed by atoms with E-state index in [1.165, 1.54) is 0 Å². The third-order valence-corrected chi connectivity index (χ3v) is 2.98. The summed E-state index contributed by atoms with van der Waals surface area (Å²) in [7, 11) is 0. The molecule has 0 rings (SSSR count). The van der Waals surface area contributed by atoms with Gasteiger partial charge in [-0.1, -0.05) is 33.1 Å². The second-order valence-corrected chi connectivity index (χ2v) is 5.95. The molecule has 0 saturated heterocycles. The molecule has 0 bridgehead atoms. The van der Waals surface area contributed by atoms with Crippen molar-refractivity contribution in [2.75, 3.05) is 6.61 Å². The van der Waals surface area contributed by atoms with Crippen LogP contribution in [-0.4, -0.2) is 24.6 Å². The van der Waals surface area contributed by atoms with Gasteiger partial charge in [-0.3, -0.25) is 4.79 Å². The summed E-state index contributed by atoms with van der Waals surface area (Å²) in [4.78, 5) is 11.9. The van der Waals surface area contributed by atoms with Crippen molar-refractivity contribution in [3.05, 3.63) is 36.1 Å². The molecule has 0 aromatic heterocycles. The van der Waals surface area contributed by atoms with Crippen LogP contribution >= 0.6 is 0 Å². The second kappa shape index (κ2) is 9.40. The van der Waals surface area contributed by atoms with Gasteiger partial charge in [-0.2, -0.15) is 0 Å². The molecule has 1 amide bonds. The Morgan fingerprint density at radius 3 is 2.33 bits per heavy atom. The van der Waals surface area contributed by atoms with Gasteiger partial charge in [-0.25, -0.2) is 0 Å². The molecule has 0 aromatic rings. The molecule has 3 N–H and O–H groups in total. The first-order chi connectivity index (χ1) is 9.68. The van der Waals surface area contributed by atoms with Crippen molar-refractivity contribution in [1.82, 2.24) is 5.32 Å². The summed E-state index contributed by atoms with van der Waals surface area (Å²) in [6.45, 7) is 17.7. The summed E-state index contributed by atoms with van der Waals surface area (Å²) in [6.07, 6.45) is 2.40. The molecule has 0 heterocycles. The molecule has 0 aliphatic heterocycles. The van der Waals surface area contributed by atoms with Crippen LogP contribution in [0.3, 0.4) is 0 Å². The minimum Gasteiger partial charge on any atom is -0.491 e. The van der Waals surface area contributed by atoms with E-state index in [-0.39, 0.29) is 11.9 Å². The monoisotopic (exact) mass is 294 g/mol. The molecule has 21 heavy (non-hydrogen) atoms. The number of nitrogens with two attached hydrogens (primary N) is 1. The van der Waals surface area contributed by atoms with Crippen LogP contribution in [0.2, 0.25) is 0 Å². The second-order valence-electron chi connectivity index (χ2n) is 5.95. The fourth-order valence-corrected chi connectivity index (χ4v) is 1.88. The molecule has 0 aliphatic carbocycles. The summed E-state index contributed by atoms with van der Waals surface area (Å²) < 4.78 is 5.73. The molecular weight excluding hydrogens is 264 g/mol. The lowest BCUT2D eigenvalue weighted by Crippen LogP contribution is -2.46. The molecule has 0 radical (unpaired) electrons. The molecule has 0 saturated carbocycles. The zero-order valence-corrected chi connectivity index (χ0v) is 14.0. The molecule has 2 atom stereocenters. The van der Waals surface area contributed by atoms with E-state index in [4.69, 9.17) is 10.5 Å². The number of hydrogen-bond donors (Lipinski definition) is 2. The van der Waals surface area contributed by atoms with E-state index in [2.05, 4.69) is 18.5 Å². The Bertz CT molecular complexity index is 411. The maximum atomic E-state index is 11.9. The average Bonchev–Trinajstić information content (AvgIpc) is 2.37. The van der Waals surface area contributed by atoms with Gasteiger partial charge in [0.05, 0.1) is 12.1 Å². The van der Waals surface area contributed by atoms with Gasteiger partial charge in [0, 0.05) is 0 Å². The van der Waals surface area contributed by atoms with E-state index in [0.29, 0.717) is 18.9 Å². The minimum atomic E-state index is -0.474. The first kappa shape index (κ1) is 19.4. The minimum absolute atomic E-state index is 0.123. The van der Waals surface area contributed by atoms with Crippen LogP contribution < -0.4 is 11.1 Å². The number of hydrogen-bond acceptors (Lipinski definition) is 3. The van der Waals surface area contributed by atoms with Gasteiger partial charge in [-0.15, -0.1) is 0 Å². The molecule has 0 spiro atoms. The Morgan fingerprint density at radius 2 is 1.90 bits per heavy atom. The lowest BCUT2D eigenvalue weighted by molar-refractivity contribution is -0.123. The van der Waals surface area contributed by atoms with E-state index in [9.17, 15) is 4.79 Å². The van der Waals surface area contributed by atoms with Crippen molar-refractivity contribution in [3.63, 3.8) is 0 Å². The highest BCUT2D eigenvalue weighted by atomic mass is 16.5. The Hall–Kier alpha value is -1.55. The number of carbonyl (C=O) groups excluding carboxylic acids is 1. The first-order valence-corrected chi connectivity index (χ1v) is 7.36. The van der Waals surface area contributed by atoms with E-state index >= 15 is 0 Å². The van der Waals surface area contributed by atoms with Gasteiger partial charge < -0.3 is 15.8 Å². The van der Waals surface area contributed by atoms with Crippen LogP contribution in [0, 0.1) is 5.92 Å². The molecule has 4 heteroatoms. The van der Waals surface area contributed by atoms with Gasteiger partial charge >= 0.3 is 0 Å². The van der Waals surface area contributed by atoms with Crippen molar-refractivity contribution in [2.24, 2.45) is 11.7 Å². The topological polar surface area (TPSA) is 64.3 Å². The molecule has 1 unspecified atom stereocenters. The predicted molar refractivity (Wildman–Crippen MR) is 88.7 cm³/mol. The summed E-state index contributed by atoms with van der Waals surface area (Å²) >= 11 is 0. The lowest BCUT2D eigenvalue weighted by atomic mass is 10.0. The highest BCUT2D eigenvalue weighted by Gasteiger charge is 2.17. The fraction of sp³-hybridized carbons (Fsp3) is 0.588. The quantitative estimate of drug-likeness (QED) is 0.507. The molecular formula is C17H30N2O2. The van der Waals surface area contributed by atoms with Gasteiger partial charge in [-0.05, 0) is 44.3 Å². The Kier molecular flexibility index (Phi) is 8.70. The number of allylic oxidation sites excluding steroid dienone is 3. The average molecular weight is 294 g/mol. The maximum Gasteiger partial charge on any atom is 0.237 e. The van der Waals surface area contributed by atoms with E-state index in [1.54, 1.807) is 6.08 Å². The smallest absolute Gasteiger partial charge is 0.237 e. The zero-order chi connectivity index (χ0) is 16.6. The fourth-order valence-electron chi connectivity index (χ4n) is 1.88. The van der Waals surface area contributed by atoms with Crippen molar-refractivity contribution < 1.29 is 9.53 Å². The highest BCUT2D eigenvalue weighted by molar-refractivity contribution is 5.81. The third-order valence-electron chi connectivity index (χ3n) is 2.98. The van der Waals surface area contributed by atoms with Crippen LogP contribution in [0.15, 0.2) is 36.1 Å². The van der Waals surface area contributed by atoms with E-state index < -0.39 is 6.04 Å². The summed E-state index contributed by atoms with van der Waals surface area (Å²) in [5.41, 5.74) is 7.61. The zero-order valence-electron chi connectivity index (χ0n) is 14.0. The van der Waals surface area contributed by atoms with Crippen molar-refractivity contribution in [2.45, 2.75) is 53.1 Å². The van der Waals surface area contributed by atoms with E-state index in [1.807, 2.05) is 34.6 Å². The Labute approximate surface area is 129 Å². The predicted octanol–water partition coefficient (Wildman–Crippen LogP) is 2.92. The van der Waals surface area contributed by atoms with Gasteiger partial charge in [0.1, 0.15) is 12.4 Å². The first-order valence-electron chi connectivity index (χ1n) is 7.36. The van der Waals surface area contributed by atoms with E-state index in [0.717, 1.165) is 16.9 Å². The van der Waals surface area contributed by atoms with Crippen LogP contribution in [0.1, 0.15) is 41.0 Å². The summed E-state index contributed by atoms with van der Waals surface area (Å²) in [6, 6.07) is -0.596. The Morgan fingerprint density at radius 1 is 1.33 bits per heavy atom. The van der Waals surface area contributed by atoms with Crippen molar-refractivity contribution >= 4 is 5.91 Å². The van der Waals surface area contributed by atoms with Gasteiger partial charge in [0.15, 0.2) is 0 Å². The summed E-state index contributed by atoms with van der Waals surface area (Å²) in [5.74, 6) is 0.976. The van der Waals surface area contributed by atoms with Gasteiger partial charge in [0.25, 0.3) is 0 Å². The number of nitrogens with one attached hydrogen (secondary N) is 1. The number of rotatable bonds is 9. The molecule has 120 valence electrons. The van der Waals surface area contributed by atoms with Crippen LogP contribution in [0.5, 0.6) is 0 Å². The molecule has 0 aromatic carbocycles. The molecule has 0 fully saturated rings. The van der Waals surface area contributed by atoms with Crippen molar-refractivity contribution in [1.29, 1.82) is 0 Å². The maximum absolute atomic E-state index is 11.9. The van der Waals surface area contributed by atoms with Gasteiger partial charge in [0.2, 0.25) is 5.91 Å². The molecule has 4 nitrogen and oxygen atoms in total. The van der Waals surface area contributed by atoms with Crippen LogP contribution in [0.25, 0.3) is 0 Å². The number of ether oxygens (including phenoxy) is 1. The lowest BCUT2D eigenvalue weighted by Gasteiger charge is -2.20. The Balaban J connectivity index is 4.44. The van der Waals surface area contributed by atoms with Crippen LogP contribution in [-0.2, 0) is 9.53 Å². The normalized spacial score (nSPS) is 15.0. The SMILES string of the molecule is C=C/C(C)=C(/OCC(C)NC(=O)[C@H](N)CC(C)C)C(=C)C. The highest BCUT2D eigenvalue weighted by Crippen LogP contribution is 2.15. The van der Waals surface area contributed by atoms with Crippen molar-refractivity contribution in [3.8, 4) is 0 Å². The van der Waals surface area contributed by atoms with Crippen LogP contribution in [0.4, 0.5) is 0 Å². The summed E-state index contributed by atoms with van der Waals surface area (Å²) in [5, 5.41) is 2.87. The largest absolute Gasteiger partial charge is 0.491 e.